The second kappa shape index (κ2) is 9.52. The molecule has 0 aliphatic carbocycles. The van der Waals surface area contributed by atoms with Crippen molar-refractivity contribution >= 4 is 11.9 Å². The van der Waals surface area contributed by atoms with Crippen LogP contribution in [0.15, 0.2) is 48.5 Å². The van der Waals surface area contributed by atoms with Gasteiger partial charge in [-0.1, -0.05) is 24.3 Å². The minimum Gasteiger partial charge on any atom is -0.488 e. The molecular formula is C22H24FNO5. The Morgan fingerprint density at radius 3 is 2.41 bits per heavy atom. The summed E-state index contributed by atoms with van der Waals surface area (Å²) in [6, 6.07) is 12.6. The van der Waals surface area contributed by atoms with Crippen LogP contribution in [0.5, 0.6) is 5.75 Å². The number of halogens is 1. The first-order valence-electron chi connectivity index (χ1n) is 9.49. The molecule has 1 aliphatic heterocycles. The highest BCUT2D eigenvalue weighted by Gasteiger charge is 2.26. The van der Waals surface area contributed by atoms with Gasteiger partial charge in [0.05, 0.1) is 12.2 Å². The maximum absolute atomic E-state index is 13.0. The smallest absolute Gasteiger partial charge is 0.342 e. The van der Waals surface area contributed by atoms with Crippen molar-refractivity contribution in [2.45, 2.75) is 32.7 Å². The number of carbonyl (C=O) groups is 2. The van der Waals surface area contributed by atoms with Crippen LogP contribution in [0.2, 0.25) is 0 Å². The maximum atomic E-state index is 13.0. The van der Waals surface area contributed by atoms with E-state index in [0.29, 0.717) is 18.8 Å². The zero-order valence-electron chi connectivity index (χ0n) is 16.5. The molecule has 1 amide bonds. The number of benzene rings is 2. The Morgan fingerprint density at radius 1 is 1.07 bits per heavy atom. The van der Waals surface area contributed by atoms with Gasteiger partial charge in [0, 0.05) is 13.1 Å². The second-order valence-corrected chi connectivity index (χ2v) is 7.04. The lowest BCUT2D eigenvalue weighted by atomic mass is 10.2. The first kappa shape index (κ1) is 20.8. The molecule has 2 aromatic rings. The minimum atomic E-state index is -0.637. The van der Waals surface area contributed by atoms with Gasteiger partial charge in [0.25, 0.3) is 5.91 Å². The van der Waals surface area contributed by atoms with Crippen LogP contribution in [0.4, 0.5) is 4.39 Å². The molecule has 6 nitrogen and oxygen atoms in total. The van der Waals surface area contributed by atoms with E-state index in [1.165, 1.54) is 12.1 Å². The number of para-hydroxylation sites is 1. The van der Waals surface area contributed by atoms with Crippen LogP contribution in [-0.2, 0) is 20.9 Å². The minimum absolute atomic E-state index is 0.0565. The van der Waals surface area contributed by atoms with E-state index >= 15 is 0 Å². The van der Waals surface area contributed by atoms with E-state index in [0.717, 1.165) is 5.56 Å². The van der Waals surface area contributed by atoms with Gasteiger partial charge in [-0.05, 0) is 43.7 Å². The topological polar surface area (TPSA) is 65.1 Å². The molecule has 1 heterocycles. The third-order valence-corrected chi connectivity index (χ3v) is 4.51. The summed E-state index contributed by atoms with van der Waals surface area (Å²) in [7, 11) is 0. The molecule has 1 aliphatic rings. The van der Waals surface area contributed by atoms with Crippen molar-refractivity contribution in [3.63, 3.8) is 0 Å². The standard InChI is InChI=1S/C22H24FNO5/c1-15-11-24(12-16(2)29-15)21(25)14-28-22(26)19-5-3-4-6-20(19)27-13-17-7-9-18(23)10-8-17/h3-10,15-16H,11-14H2,1-2H3/t15-,16-/m1/s1. The number of esters is 1. The van der Waals surface area contributed by atoms with Crippen molar-refractivity contribution in [1.82, 2.24) is 4.90 Å². The van der Waals surface area contributed by atoms with Gasteiger partial charge < -0.3 is 19.1 Å². The normalized spacial score (nSPS) is 18.9. The molecular weight excluding hydrogens is 377 g/mol. The maximum Gasteiger partial charge on any atom is 0.342 e. The highest BCUT2D eigenvalue weighted by molar-refractivity contribution is 5.94. The van der Waals surface area contributed by atoms with Crippen molar-refractivity contribution < 1.29 is 28.2 Å². The van der Waals surface area contributed by atoms with Gasteiger partial charge in [-0.2, -0.15) is 0 Å². The number of hydrogen-bond donors (Lipinski definition) is 0. The Hall–Kier alpha value is -2.93. The van der Waals surface area contributed by atoms with Crippen LogP contribution in [0.25, 0.3) is 0 Å². The summed E-state index contributed by atoms with van der Waals surface area (Å²) in [5, 5.41) is 0. The summed E-state index contributed by atoms with van der Waals surface area (Å²) >= 11 is 0. The van der Waals surface area contributed by atoms with Crippen LogP contribution >= 0.6 is 0 Å². The second-order valence-electron chi connectivity index (χ2n) is 7.04. The Kier molecular flexibility index (Phi) is 6.82. The van der Waals surface area contributed by atoms with Gasteiger partial charge in [0.1, 0.15) is 23.7 Å². The Labute approximate surface area is 169 Å². The average molecular weight is 401 g/mol. The Bertz CT molecular complexity index is 845. The fourth-order valence-electron chi connectivity index (χ4n) is 3.18. The molecule has 2 atom stereocenters. The molecule has 0 saturated carbocycles. The highest BCUT2D eigenvalue weighted by Crippen LogP contribution is 2.21. The lowest BCUT2D eigenvalue weighted by Gasteiger charge is -2.35. The number of ether oxygens (including phenoxy) is 3. The van der Waals surface area contributed by atoms with E-state index < -0.39 is 5.97 Å². The van der Waals surface area contributed by atoms with Crippen LogP contribution in [0, 0.1) is 5.82 Å². The molecule has 0 aromatic heterocycles. The number of rotatable bonds is 6. The van der Waals surface area contributed by atoms with Gasteiger partial charge in [-0.15, -0.1) is 0 Å². The SMILES string of the molecule is C[C@@H]1CN(C(=O)COC(=O)c2ccccc2OCc2ccc(F)cc2)C[C@@H](C)O1. The van der Waals surface area contributed by atoms with Crippen molar-refractivity contribution in [3.05, 3.63) is 65.5 Å². The molecule has 0 unspecified atom stereocenters. The zero-order chi connectivity index (χ0) is 20.8. The van der Waals surface area contributed by atoms with Gasteiger partial charge in [-0.25, -0.2) is 9.18 Å². The van der Waals surface area contributed by atoms with Crippen molar-refractivity contribution in [1.29, 1.82) is 0 Å². The molecule has 29 heavy (non-hydrogen) atoms. The van der Waals surface area contributed by atoms with E-state index in [-0.39, 0.29) is 42.7 Å². The molecule has 0 radical (unpaired) electrons. The third-order valence-electron chi connectivity index (χ3n) is 4.51. The molecule has 1 fully saturated rings. The van der Waals surface area contributed by atoms with E-state index in [9.17, 15) is 14.0 Å². The summed E-state index contributed by atoms with van der Waals surface area (Å²) < 4.78 is 29.5. The Morgan fingerprint density at radius 2 is 1.72 bits per heavy atom. The van der Waals surface area contributed by atoms with Gasteiger partial charge in [-0.3, -0.25) is 4.79 Å². The summed E-state index contributed by atoms with van der Waals surface area (Å²) in [6.07, 6.45) is -0.113. The van der Waals surface area contributed by atoms with Crippen LogP contribution in [-0.4, -0.2) is 48.7 Å². The zero-order valence-corrected chi connectivity index (χ0v) is 16.5. The van der Waals surface area contributed by atoms with Gasteiger partial charge in [0.15, 0.2) is 6.61 Å². The molecule has 2 aromatic carbocycles. The van der Waals surface area contributed by atoms with Crippen molar-refractivity contribution in [2.75, 3.05) is 19.7 Å². The van der Waals surface area contributed by atoms with Crippen LogP contribution in [0.3, 0.4) is 0 Å². The molecule has 0 bridgehead atoms. The summed E-state index contributed by atoms with van der Waals surface area (Å²) in [5.41, 5.74) is 0.992. The summed E-state index contributed by atoms with van der Waals surface area (Å²) in [5.74, 6) is -0.887. The number of amides is 1. The Balaban J connectivity index is 1.58. The highest BCUT2D eigenvalue weighted by atomic mass is 19.1. The largest absolute Gasteiger partial charge is 0.488 e. The number of nitrogens with zero attached hydrogens (tertiary/aromatic N) is 1. The van der Waals surface area contributed by atoms with E-state index in [1.54, 1.807) is 41.3 Å². The summed E-state index contributed by atoms with van der Waals surface area (Å²) in [6.45, 7) is 4.57. The first-order chi connectivity index (χ1) is 13.9. The molecule has 0 N–H and O–H groups in total. The number of carbonyl (C=O) groups excluding carboxylic acids is 2. The molecule has 3 rings (SSSR count). The quantitative estimate of drug-likeness (QED) is 0.696. The number of hydrogen-bond acceptors (Lipinski definition) is 5. The average Bonchev–Trinajstić information content (AvgIpc) is 2.71. The van der Waals surface area contributed by atoms with E-state index in [2.05, 4.69) is 0 Å². The van der Waals surface area contributed by atoms with Crippen LogP contribution < -0.4 is 4.74 Å². The molecule has 7 heteroatoms. The lowest BCUT2D eigenvalue weighted by Crippen LogP contribution is -2.49. The fraction of sp³-hybridized carbons (Fsp3) is 0.364. The summed E-state index contributed by atoms with van der Waals surface area (Å²) in [4.78, 5) is 26.5. The fourth-order valence-corrected chi connectivity index (χ4v) is 3.18. The monoisotopic (exact) mass is 401 g/mol. The number of morpholine rings is 1. The van der Waals surface area contributed by atoms with Gasteiger partial charge >= 0.3 is 5.97 Å². The predicted octanol–water partition coefficient (Wildman–Crippen LogP) is 3.20. The van der Waals surface area contributed by atoms with E-state index in [1.807, 2.05) is 13.8 Å². The first-order valence-corrected chi connectivity index (χ1v) is 9.49. The lowest BCUT2D eigenvalue weighted by molar-refractivity contribution is -0.146. The predicted molar refractivity (Wildman–Crippen MR) is 104 cm³/mol. The van der Waals surface area contributed by atoms with E-state index in [4.69, 9.17) is 14.2 Å². The van der Waals surface area contributed by atoms with Gasteiger partial charge in [0.2, 0.25) is 0 Å². The molecule has 0 spiro atoms. The van der Waals surface area contributed by atoms with Crippen LogP contribution in [0.1, 0.15) is 29.8 Å². The molecule has 1 saturated heterocycles. The van der Waals surface area contributed by atoms with Crippen molar-refractivity contribution in [3.8, 4) is 5.75 Å². The van der Waals surface area contributed by atoms with Crippen molar-refractivity contribution in [2.24, 2.45) is 0 Å². The third kappa shape index (κ3) is 5.77. The molecule has 154 valence electrons.